The van der Waals surface area contributed by atoms with E-state index in [1.54, 1.807) is 0 Å². The molecule has 0 radical (unpaired) electrons. The first-order valence-electron chi connectivity index (χ1n) is 5.65. The van der Waals surface area contributed by atoms with Crippen LogP contribution in [0.4, 0.5) is 0 Å². The summed E-state index contributed by atoms with van der Waals surface area (Å²) in [5.74, 6) is 0. The fourth-order valence-electron chi connectivity index (χ4n) is 0.589. The van der Waals surface area contributed by atoms with Gasteiger partial charge < -0.3 is 0 Å². The highest BCUT2D eigenvalue weighted by Gasteiger charge is 1.75. The maximum atomic E-state index is 3.63. The lowest BCUT2D eigenvalue weighted by molar-refractivity contribution is 1.23. The molecule has 0 amide bonds. The Labute approximate surface area is 101 Å². The van der Waals surface area contributed by atoms with Gasteiger partial charge in [0.1, 0.15) is 0 Å². The van der Waals surface area contributed by atoms with E-state index in [-0.39, 0.29) is 0 Å². The molecule has 0 spiro atoms. The fourth-order valence-corrected chi connectivity index (χ4v) is 0.589. The largest absolute Gasteiger partial charge is 0.103 e. The van der Waals surface area contributed by atoms with E-state index in [2.05, 4.69) is 33.6 Å². The standard InChI is InChI=1S/C8H8.2C4H8/c1-2-8-6-4-3-5-7-8;2*1-3-4-2/h2-7H,1H2;2*3H,1,4H2,2H3. The summed E-state index contributed by atoms with van der Waals surface area (Å²) in [4.78, 5) is 0. The average Bonchev–Trinajstić information content (AvgIpc) is 2.40. The Kier molecular flexibility index (Phi) is 16.7. The summed E-state index contributed by atoms with van der Waals surface area (Å²) in [6, 6.07) is 10.0. The Balaban J connectivity index is 0. The molecule has 0 aliphatic heterocycles. The molecule has 0 unspecified atom stereocenters. The van der Waals surface area contributed by atoms with Gasteiger partial charge in [-0.15, -0.1) is 13.2 Å². The highest BCUT2D eigenvalue weighted by Crippen LogP contribution is 1.97. The number of benzene rings is 1. The van der Waals surface area contributed by atoms with Crippen molar-refractivity contribution < 1.29 is 0 Å². The van der Waals surface area contributed by atoms with E-state index in [0.717, 1.165) is 12.8 Å². The fraction of sp³-hybridized carbons (Fsp3) is 0.250. The lowest BCUT2D eigenvalue weighted by atomic mass is 10.2. The first-order chi connectivity index (χ1) is 7.76. The second-order valence-corrected chi connectivity index (χ2v) is 3.01. The third kappa shape index (κ3) is 14.9. The monoisotopic (exact) mass is 216 g/mol. The Hall–Kier alpha value is -1.56. The number of allylic oxidation sites excluding steroid dienone is 2. The molecule has 0 heterocycles. The predicted octanol–water partition coefficient (Wildman–Crippen LogP) is 5.49. The van der Waals surface area contributed by atoms with E-state index in [1.165, 1.54) is 5.56 Å². The molecule has 1 aromatic rings. The first kappa shape index (κ1) is 16.9. The highest BCUT2D eigenvalue weighted by molar-refractivity contribution is 5.45. The van der Waals surface area contributed by atoms with Crippen LogP contribution in [0.3, 0.4) is 0 Å². The molecule has 0 aliphatic carbocycles. The number of hydrogen-bond acceptors (Lipinski definition) is 0. The smallest absolute Gasteiger partial charge is 0.0263 e. The molecule has 0 heteroatoms. The molecule has 0 nitrogen and oxygen atoms in total. The van der Waals surface area contributed by atoms with Crippen LogP contribution in [-0.4, -0.2) is 0 Å². The second kappa shape index (κ2) is 15.9. The molecule has 0 atom stereocenters. The molecule has 0 bridgehead atoms. The predicted molar refractivity (Wildman–Crippen MR) is 77.5 cm³/mol. The maximum Gasteiger partial charge on any atom is -0.0263 e. The topological polar surface area (TPSA) is 0 Å². The van der Waals surface area contributed by atoms with Crippen molar-refractivity contribution in [3.05, 3.63) is 67.8 Å². The molecule has 1 rings (SSSR count). The summed E-state index contributed by atoms with van der Waals surface area (Å²) in [7, 11) is 0. The Morgan fingerprint density at radius 2 is 1.25 bits per heavy atom. The van der Waals surface area contributed by atoms with Crippen LogP contribution in [0.1, 0.15) is 32.3 Å². The minimum absolute atomic E-state index is 1.08. The average molecular weight is 216 g/mol. The van der Waals surface area contributed by atoms with E-state index in [1.807, 2.05) is 48.6 Å². The molecule has 1 aromatic carbocycles. The Bertz CT molecular complexity index is 249. The third-order valence-corrected chi connectivity index (χ3v) is 1.61. The van der Waals surface area contributed by atoms with Crippen molar-refractivity contribution in [1.29, 1.82) is 0 Å². The Morgan fingerprint density at radius 1 is 0.875 bits per heavy atom. The number of rotatable bonds is 3. The Morgan fingerprint density at radius 3 is 1.44 bits per heavy atom. The highest BCUT2D eigenvalue weighted by atomic mass is 13.8. The van der Waals surface area contributed by atoms with E-state index in [4.69, 9.17) is 0 Å². The van der Waals surface area contributed by atoms with Crippen molar-refractivity contribution in [2.75, 3.05) is 0 Å². The molecule has 0 N–H and O–H groups in total. The number of hydrogen-bond donors (Lipinski definition) is 0. The van der Waals surface area contributed by atoms with Crippen LogP contribution in [0.5, 0.6) is 0 Å². The van der Waals surface area contributed by atoms with E-state index in [0.29, 0.717) is 0 Å². The van der Waals surface area contributed by atoms with Gasteiger partial charge in [0.15, 0.2) is 0 Å². The molecule has 0 saturated heterocycles. The summed E-state index contributed by atoms with van der Waals surface area (Å²) < 4.78 is 0. The van der Waals surface area contributed by atoms with Gasteiger partial charge in [0.25, 0.3) is 0 Å². The second-order valence-electron chi connectivity index (χ2n) is 3.01. The minimum Gasteiger partial charge on any atom is -0.103 e. The van der Waals surface area contributed by atoms with Crippen LogP contribution < -0.4 is 0 Å². The first-order valence-corrected chi connectivity index (χ1v) is 5.65. The van der Waals surface area contributed by atoms with E-state index >= 15 is 0 Å². The van der Waals surface area contributed by atoms with Gasteiger partial charge in [0.05, 0.1) is 0 Å². The summed E-state index contributed by atoms with van der Waals surface area (Å²) in [5.41, 5.74) is 1.17. The van der Waals surface area contributed by atoms with E-state index < -0.39 is 0 Å². The normalized spacial score (nSPS) is 7.38. The van der Waals surface area contributed by atoms with Crippen LogP contribution in [-0.2, 0) is 0 Å². The maximum absolute atomic E-state index is 3.63. The van der Waals surface area contributed by atoms with Crippen molar-refractivity contribution >= 4 is 6.08 Å². The summed E-state index contributed by atoms with van der Waals surface area (Å²) in [6.45, 7) is 14.7. The molecule has 0 fully saturated rings. The van der Waals surface area contributed by atoms with Gasteiger partial charge >= 0.3 is 0 Å². The van der Waals surface area contributed by atoms with Gasteiger partial charge in [-0.25, -0.2) is 0 Å². The zero-order valence-corrected chi connectivity index (χ0v) is 10.7. The van der Waals surface area contributed by atoms with Gasteiger partial charge in [-0.1, -0.05) is 69.0 Å². The minimum atomic E-state index is 1.08. The molecule has 0 saturated carbocycles. The molecule has 0 aromatic heterocycles. The molecule has 16 heavy (non-hydrogen) atoms. The van der Waals surface area contributed by atoms with Crippen molar-refractivity contribution in [2.45, 2.75) is 26.7 Å². The summed E-state index contributed by atoms with van der Waals surface area (Å²) in [6.07, 6.45) is 7.75. The van der Waals surface area contributed by atoms with Crippen LogP contribution >= 0.6 is 0 Å². The van der Waals surface area contributed by atoms with Crippen LogP contribution in [0, 0.1) is 0 Å². The van der Waals surface area contributed by atoms with Gasteiger partial charge in [-0.05, 0) is 18.4 Å². The molecule has 88 valence electrons. The van der Waals surface area contributed by atoms with Gasteiger partial charge in [0.2, 0.25) is 0 Å². The molecular formula is C16H24. The van der Waals surface area contributed by atoms with Gasteiger partial charge in [-0.2, -0.15) is 0 Å². The van der Waals surface area contributed by atoms with Crippen molar-refractivity contribution in [3.63, 3.8) is 0 Å². The van der Waals surface area contributed by atoms with Gasteiger partial charge in [0, 0.05) is 0 Å². The lowest BCUT2D eigenvalue weighted by Crippen LogP contribution is -1.63. The summed E-state index contributed by atoms with van der Waals surface area (Å²) >= 11 is 0. The van der Waals surface area contributed by atoms with Crippen LogP contribution in [0.2, 0.25) is 0 Å². The lowest BCUT2D eigenvalue weighted by Gasteiger charge is -1.85. The molecular weight excluding hydrogens is 192 g/mol. The van der Waals surface area contributed by atoms with Crippen molar-refractivity contribution in [1.82, 2.24) is 0 Å². The van der Waals surface area contributed by atoms with E-state index in [9.17, 15) is 0 Å². The molecule has 0 aliphatic rings. The quantitative estimate of drug-likeness (QED) is 0.586. The zero-order valence-electron chi connectivity index (χ0n) is 10.7. The van der Waals surface area contributed by atoms with Crippen LogP contribution in [0.15, 0.2) is 62.2 Å². The third-order valence-electron chi connectivity index (χ3n) is 1.61. The van der Waals surface area contributed by atoms with Crippen LogP contribution in [0.25, 0.3) is 6.08 Å². The SMILES string of the molecule is C=CCC.C=CCC.C=Cc1ccccc1. The van der Waals surface area contributed by atoms with Crippen molar-refractivity contribution in [3.8, 4) is 0 Å². The van der Waals surface area contributed by atoms with Crippen molar-refractivity contribution in [2.24, 2.45) is 0 Å². The van der Waals surface area contributed by atoms with Gasteiger partial charge in [-0.3, -0.25) is 0 Å². The summed E-state index contributed by atoms with van der Waals surface area (Å²) in [5, 5.41) is 0. The zero-order chi connectivity index (χ0) is 12.6.